The molecule has 4 saturated carbocycles. The summed E-state index contributed by atoms with van der Waals surface area (Å²) in [6.45, 7) is 16.1. The minimum absolute atomic E-state index is 0.0628. The fraction of sp³-hybridized carbons (Fsp3) is 0.974. The number of aliphatic hydroxyl groups excluding tert-OH is 1. The molecular weight excluding hydrogens is 1040 g/mol. The van der Waals surface area contributed by atoms with Gasteiger partial charge in [0.15, 0.2) is 0 Å². The molecule has 0 aromatic carbocycles. The molecule has 5 fully saturated rings. The van der Waals surface area contributed by atoms with Gasteiger partial charge in [-0.2, -0.15) is 0 Å². The molecule has 0 radical (unpaired) electrons. The summed E-state index contributed by atoms with van der Waals surface area (Å²) in [5, 5.41) is 10.1. The van der Waals surface area contributed by atoms with E-state index in [1.54, 1.807) is 0 Å². The van der Waals surface area contributed by atoms with Crippen LogP contribution < -0.4 is 0 Å². The summed E-state index contributed by atoms with van der Waals surface area (Å²) in [6, 6.07) is 0. The molecule has 498 valence electrons. The topological polar surface area (TPSA) is 79.3 Å². The molecule has 5 aliphatic rings. The lowest BCUT2D eigenvalue weighted by Crippen LogP contribution is -2.38. The van der Waals surface area contributed by atoms with Crippen LogP contribution in [0.5, 0.6) is 0 Å². The Morgan fingerprint density at radius 3 is 0.929 bits per heavy atom. The number of carbonyl (C=O) groups excluding carboxylic acids is 2. The Morgan fingerprint density at radius 1 is 0.353 bits per heavy atom. The number of esters is 2. The average Bonchev–Trinajstić information content (AvgIpc) is 3.52. The summed E-state index contributed by atoms with van der Waals surface area (Å²) in [4.78, 5) is 32.0. The van der Waals surface area contributed by atoms with Gasteiger partial charge in [0.2, 0.25) is 0 Å². The maximum absolute atomic E-state index is 13.4. The first-order valence-electron chi connectivity index (χ1n) is 39.2. The summed E-state index contributed by atoms with van der Waals surface area (Å²) in [6.07, 6.45) is 69.8. The van der Waals surface area contributed by atoms with Gasteiger partial charge in [0.1, 0.15) is 12.2 Å². The molecule has 0 unspecified atom stereocenters. The molecule has 7 heteroatoms. The molecule has 1 N–H and O–H groups in total. The number of nitrogens with zero attached hydrogens (tertiary/aromatic N) is 2. The van der Waals surface area contributed by atoms with Gasteiger partial charge in [-0.3, -0.25) is 9.59 Å². The van der Waals surface area contributed by atoms with Crippen LogP contribution in [0.15, 0.2) is 0 Å². The highest BCUT2D eigenvalue weighted by Gasteiger charge is 2.26. The second-order valence-corrected chi connectivity index (χ2v) is 30.4. The number of carbonyl (C=O) groups is 2. The summed E-state index contributed by atoms with van der Waals surface area (Å²) in [5.74, 6) is 7.78. The number of aliphatic hydroxyl groups is 1. The number of ether oxygens (including phenoxy) is 2. The number of hydrogen-bond donors (Lipinski definition) is 1. The SMILES string of the molecule is CCCC1CCC(CCCCC(CCCCC2CCC(CCC)CC2)OC(=O)CCCCCCCN(CCCCCCCC(=O)OC(CCCCC2CCC(CCC)CC2)CCCCC2CCC(CCC)CC2)CCCN2CCC(O)CC2)CC1. The van der Waals surface area contributed by atoms with Crippen LogP contribution in [-0.4, -0.2) is 84.4 Å². The second kappa shape index (κ2) is 48.6. The van der Waals surface area contributed by atoms with E-state index in [1.807, 2.05) is 0 Å². The van der Waals surface area contributed by atoms with Gasteiger partial charge >= 0.3 is 11.9 Å². The van der Waals surface area contributed by atoms with Gasteiger partial charge in [-0.15, -0.1) is 0 Å². The average molecular weight is 1190 g/mol. The Balaban J connectivity index is 0.954. The normalized spacial score (nSPS) is 25.3. The van der Waals surface area contributed by atoms with Gasteiger partial charge < -0.3 is 24.4 Å². The van der Waals surface area contributed by atoms with E-state index in [0.717, 1.165) is 151 Å². The van der Waals surface area contributed by atoms with Crippen molar-refractivity contribution in [1.82, 2.24) is 9.80 Å². The third kappa shape index (κ3) is 35.9. The Bertz CT molecular complexity index is 1380. The van der Waals surface area contributed by atoms with E-state index in [1.165, 1.54) is 276 Å². The van der Waals surface area contributed by atoms with Gasteiger partial charge in [0.25, 0.3) is 0 Å². The summed E-state index contributed by atoms with van der Waals surface area (Å²) >= 11 is 0. The van der Waals surface area contributed by atoms with Gasteiger partial charge in [-0.1, -0.05) is 272 Å². The summed E-state index contributed by atoms with van der Waals surface area (Å²) in [7, 11) is 0. The molecule has 4 aliphatic carbocycles. The zero-order valence-electron chi connectivity index (χ0n) is 57.5. The molecule has 0 amide bonds. The highest BCUT2D eigenvalue weighted by molar-refractivity contribution is 5.69. The van der Waals surface area contributed by atoms with Crippen molar-refractivity contribution in [2.75, 3.05) is 39.3 Å². The first-order valence-corrected chi connectivity index (χ1v) is 39.2. The van der Waals surface area contributed by atoms with Crippen LogP contribution in [0.3, 0.4) is 0 Å². The Labute approximate surface area is 529 Å². The van der Waals surface area contributed by atoms with E-state index in [4.69, 9.17) is 9.47 Å². The van der Waals surface area contributed by atoms with Crippen LogP contribution in [0.1, 0.15) is 381 Å². The van der Waals surface area contributed by atoms with E-state index < -0.39 is 0 Å². The smallest absolute Gasteiger partial charge is 0.306 e. The molecule has 0 bridgehead atoms. The third-order valence-electron chi connectivity index (χ3n) is 23.0. The first-order chi connectivity index (χ1) is 41.7. The van der Waals surface area contributed by atoms with Crippen molar-refractivity contribution in [3.8, 4) is 0 Å². The van der Waals surface area contributed by atoms with E-state index >= 15 is 0 Å². The van der Waals surface area contributed by atoms with Crippen molar-refractivity contribution >= 4 is 11.9 Å². The third-order valence-corrected chi connectivity index (χ3v) is 23.0. The predicted octanol–water partition coefficient (Wildman–Crippen LogP) is 22.3. The number of unbranched alkanes of at least 4 members (excludes halogenated alkanes) is 12. The van der Waals surface area contributed by atoms with E-state index in [9.17, 15) is 14.7 Å². The monoisotopic (exact) mass is 1190 g/mol. The maximum Gasteiger partial charge on any atom is 0.306 e. The van der Waals surface area contributed by atoms with Crippen LogP contribution in [0.4, 0.5) is 0 Å². The van der Waals surface area contributed by atoms with E-state index in [0.29, 0.717) is 12.8 Å². The highest BCUT2D eigenvalue weighted by Crippen LogP contribution is 2.38. The van der Waals surface area contributed by atoms with Crippen LogP contribution in [-0.2, 0) is 19.1 Å². The fourth-order valence-electron chi connectivity index (χ4n) is 17.4. The molecule has 0 spiro atoms. The van der Waals surface area contributed by atoms with Gasteiger partial charge in [-0.25, -0.2) is 0 Å². The van der Waals surface area contributed by atoms with E-state index in [2.05, 4.69) is 37.5 Å². The molecule has 5 rings (SSSR count). The van der Waals surface area contributed by atoms with Crippen molar-refractivity contribution in [2.45, 2.75) is 399 Å². The van der Waals surface area contributed by atoms with Crippen molar-refractivity contribution in [3.63, 3.8) is 0 Å². The number of piperidine rings is 1. The van der Waals surface area contributed by atoms with Crippen LogP contribution in [0.25, 0.3) is 0 Å². The largest absolute Gasteiger partial charge is 0.462 e. The minimum Gasteiger partial charge on any atom is -0.462 e. The Kier molecular flexibility index (Phi) is 42.6. The summed E-state index contributed by atoms with van der Waals surface area (Å²) < 4.78 is 12.7. The lowest BCUT2D eigenvalue weighted by atomic mass is 9.78. The molecule has 0 aromatic heterocycles. The lowest BCUT2D eigenvalue weighted by Gasteiger charge is -2.30. The van der Waals surface area contributed by atoms with Gasteiger partial charge in [0, 0.05) is 25.9 Å². The fourth-order valence-corrected chi connectivity index (χ4v) is 17.4. The predicted molar refractivity (Wildman–Crippen MR) is 363 cm³/mol. The van der Waals surface area contributed by atoms with Gasteiger partial charge in [0.05, 0.1) is 6.10 Å². The van der Waals surface area contributed by atoms with Crippen LogP contribution in [0.2, 0.25) is 0 Å². The van der Waals surface area contributed by atoms with Crippen LogP contribution in [0, 0.1) is 47.3 Å². The quantitative estimate of drug-likeness (QED) is 0.0480. The number of rotatable bonds is 50. The first kappa shape index (κ1) is 74.5. The Hall–Kier alpha value is -1.18. The van der Waals surface area contributed by atoms with Crippen LogP contribution >= 0.6 is 0 Å². The zero-order chi connectivity index (χ0) is 60.2. The Morgan fingerprint density at radius 2 is 0.624 bits per heavy atom. The molecule has 7 nitrogen and oxygen atoms in total. The molecule has 0 aromatic rings. The zero-order valence-corrected chi connectivity index (χ0v) is 57.5. The molecule has 1 saturated heterocycles. The molecule has 1 aliphatic heterocycles. The molecular formula is C78H146N2O5. The maximum atomic E-state index is 13.4. The van der Waals surface area contributed by atoms with Crippen molar-refractivity contribution in [3.05, 3.63) is 0 Å². The highest BCUT2D eigenvalue weighted by atomic mass is 16.5. The van der Waals surface area contributed by atoms with Crippen molar-refractivity contribution in [2.24, 2.45) is 47.3 Å². The molecule has 85 heavy (non-hydrogen) atoms. The summed E-state index contributed by atoms with van der Waals surface area (Å²) in [5.41, 5.74) is 0. The van der Waals surface area contributed by atoms with Crippen molar-refractivity contribution < 1.29 is 24.2 Å². The molecule has 0 atom stereocenters. The van der Waals surface area contributed by atoms with Crippen molar-refractivity contribution in [1.29, 1.82) is 0 Å². The number of hydrogen-bond acceptors (Lipinski definition) is 7. The number of likely N-dealkylation sites (tertiary alicyclic amines) is 1. The van der Waals surface area contributed by atoms with E-state index in [-0.39, 0.29) is 30.3 Å². The lowest BCUT2D eigenvalue weighted by molar-refractivity contribution is -0.151. The second-order valence-electron chi connectivity index (χ2n) is 30.4. The standard InChI is InChI=1S/C78H146N2O5/c1-5-28-66-42-50-70(51-43-66)32-17-21-36-75(37-22-18-33-71-52-44-67(29-6-2)45-53-71)84-77(82)40-15-11-9-13-25-60-79(62-27-63-80-64-58-74(81)59-65-80)61-26-14-10-12-16-41-78(83)85-76(38-23-19-34-72-54-46-68(30-7-3)47-55-72)39-24-20-35-73-56-48-69(31-8-4)49-57-73/h66-76,81H,5-65H2,1-4H3. The van der Waals surface area contributed by atoms with Gasteiger partial charge in [-0.05, 0) is 170 Å². The minimum atomic E-state index is -0.111. The molecule has 1 heterocycles.